The Morgan fingerprint density at radius 3 is 2.09 bits per heavy atom. The lowest BCUT2D eigenvalue weighted by Gasteiger charge is -2.26. The molecule has 2 N–H and O–H groups in total. The number of hydrogen-bond acceptors (Lipinski definition) is 3. The summed E-state index contributed by atoms with van der Waals surface area (Å²) < 4.78 is 5.30. The molecule has 0 saturated carbocycles. The van der Waals surface area contributed by atoms with Crippen molar-refractivity contribution in [3.8, 4) is 5.75 Å². The van der Waals surface area contributed by atoms with E-state index in [0.717, 1.165) is 29.9 Å². The summed E-state index contributed by atoms with van der Waals surface area (Å²) in [4.78, 5) is 15.0. The van der Waals surface area contributed by atoms with Crippen LogP contribution in [0, 0.1) is 27.7 Å². The van der Waals surface area contributed by atoms with Crippen LogP contribution in [-0.2, 0) is 0 Å². The molecule has 0 unspecified atom stereocenters. The molecule has 0 spiro atoms. The molecule has 0 bridgehead atoms. The van der Waals surface area contributed by atoms with Crippen molar-refractivity contribution in [2.24, 2.45) is 0 Å². The molecule has 1 aliphatic heterocycles. The molecule has 0 radical (unpaired) electrons. The Hall–Kier alpha value is -3.47. The number of aryl methyl sites for hydroxylation is 3. The summed E-state index contributed by atoms with van der Waals surface area (Å²) in [5.74, 6) is 0.637. The highest BCUT2D eigenvalue weighted by atomic mass is 16.5. The Kier molecular flexibility index (Phi) is 8.36. The number of para-hydroxylation sites is 2. The first-order valence-corrected chi connectivity index (χ1v) is 11.5. The van der Waals surface area contributed by atoms with Crippen LogP contribution in [0.4, 0.5) is 21.9 Å². The number of carbonyl (C=O) groups is 1. The van der Waals surface area contributed by atoms with E-state index in [4.69, 9.17) is 4.74 Å². The van der Waals surface area contributed by atoms with Gasteiger partial charge in [-0.1, -0.05) is 54.1 Å². The first kappa shape index (κ1) is 24.2. The minimum atomic E-state index is -0.267. The Morgan fingerprint density at radius 1 is 0.848 bits per heavy atom. The van der Waals surface area contributed by atoms with E-state index in [1.807, 2.05) is 49.4 Å². The standard InChI is InChI=1S/C21H27N3O2.C7H8/c1-14-13-15(2)20(24-11-7-8-12-24)16(3)19(14)23-21(25)22-17-9-5-6-10-18(17)26-4;1-7-5-3-2-4-6-7/h5-6,9-10,13H,7-8,11-12H2,1-4H3,(H2,22,23,25);2-6H,1H3. The van der Waals surface area contributed by atoms with E-state index >= 15 is 0 Å². The van der Waals surface area contributed by atoms with Gasteiger partial charge >= 0.3 is 6.03 Å². The van der Waals surface area contributed by atoms with Crippen molar-refractivity contribution >= 4 is 23.1 Å². The third-order valence-electron chi connectivity index (χ3n) is 5.89. The van der Waals surface area contributed by atoms with E-state index in [9.17, 15) is 4.79 Å². The molecule has 3 aromatic carbocycles. The number of benzene rings is 3. The second-order valence-electron chi connectivity index (χ2n) is 8.49. The fourth-order valence-corrected chi connectivity index (χ4v) is 4.34. The number of urea groups is 1. The van der Waals surface area contributed by atoms with Gasteiger partial charge in [0.15, 0.2) is 0 Å². The van der Waals surface area contributed by atoms with Gasteiger partial charge in [-0.05, 0) is 69.4 Å². The number of nitrogens with one attached hydrogen (secondary N) is 2. The van der Waals surface area contributed by atoms with E-state index < -0.39 is 0 Å². The summed E-state index contributed by atoms with van der Waals surface area (Å²) >= 11 is 0. The second kappa shape index (κ2) is 11.4. The summed E-state index contributed by atoms with van der Waals surface area (Å²) in [6.07, 6.45) is 2.45. The van der Waals surface area contributed by atoms with Gasteiger partial charge in [0, 0.05) is 18.8 Å². The highest BCUT2D eigenvalue weighted by Crippen LogP contribution is 2.35. The first-order valence-electron chi connectivity index (χ1n) is 11.5. The lowest BCUT2D eigenvalue weighted by Crippen LogP contribution is -2.24. The predicted octanol–water partition coefficient (Wildman–Crippen LogP) is 6.86. The normalized spacial score (nSPS) is 12.6. The molecule has 1 fully saturated rings. The predicted molar refractivity (Wildman–Crippen MR) is 139 cm³/mol. The van der Waals surface area contributed by atoms with E-state index in [1.54, 1.807) is 7.11 Å². The number of anilines is 3. The van der Waals surface area contributed by atoms with Crippen molar-refractivity contribution in [1.29, 1.82) is 0 Å². The molecule has 174 valence electrons. The number of methoxy groups -OCH3 is 1. The number of carbonyl (C=O) groups excluding carboxylic acids is 1. The van der Waals surface area contributed by atoms with Gasteiger partial charge in [0.05, 0.1) is 18.5 Å². The average Bonchev–Trinajstić information content (AvgIpc) is 3.32. The zero-order chi connectivity index (χ0) is 23.8. The molecule has 0 atom stereocenters. The first-order chi connectivity index (χ1) is 15.9. The Morgan fingerprint density at radius 2 is 1.48 bits per heavy atom. The van der Waals surface area contributed by atoms with Crippen LogP contribution in [-0.4, -0.2) is 26.2 Å². The highest BCUT2D eigenvalue weighted by molar-refractivity contribution is 6.02. The van der Waals surface area contributed by atoms with Gasteiger partial charge in [0.25, 0.3) is 0 Å². The molecule has 2 amide bonds. The van der Waals surface area contributed by atoms with Crippen molar-refractivity contribution in [3.05, 3.63) is 82.9 Å². The number of rotatable bonds is 4. The number of hydrogen-bond donors (Lipinski definition) is 2. The maximum atomic E-state index is 12.6. The van der Waals surface area contributed by atoms with Crippen LogP contribution in [0.15, 0.2) is 60.7 Å². The van der Waals surface area contributed by atoms with E-state index in [2.05, 4.69) is 54.5 Å². The molecule has 33 heavy (non-hydrogen) atoms. The molecule has 3 aromatic rings. The van der Waals surface area contributed by atoms with Crippen LogP contribution in [0.5, 0.6) is 5.75 Å². The monoisotopic (exact) mass is 445 g/mol. The van der Waals surface area contributed by atoms with Crippen molar-refractivity contribution in [2.75, 3.05) is 35.7 Å². The van der Waals surface area contributed by atoms with E-state index in [1.165, 1.54) is 29.7 Å². The van der Waals surface area contributed by atoms with Crippen molar-refractivity contribution in [3.63, 3.8) is 0 Å². The maximum Gasteiger partial charge on any atom is 0.323 e. The van der Waals surface area contributed by atoms with Crippen molar-refractivity contribution in [1.82, 2.24) is 0 Å². The van der Waals surface area contributed by atoms with Crippen LogP contribution in [0.1, 0.15) is 35.1 Å². The van der Waals surface area contributed by atoms with Crippen LogP contribution >= 0.6 is 0 Å². The van der Waals surface area contributed by atoms with Gasteiger partial charge in [-0.25, -0.2) is 4.79 Å². The maximum absolute atomic E-state index is 12.6. The summed E-state index contributed by atoms with van der Waals surface area (Å²) in [7, 11) is 1.59. The van der Waals surface area contributed by atoms with E-state index in [0.29, 0.717) is 11.4 Å². The lowest BCUT2D eigenvalue weighted by molar-refractivity contribution is 0.262. The molecular weight excluding hydrogens is 410 g/mol. The Balaban J connectivity index is 0.000000374. The Bertz CT molecular complexity index is 1070. The molecule has 0 aliphatic carbocycles. The third kappa shape index (κ3) is 6.28. The minimum Gasteiger partial charge on any atom is -0.495 e. The highest BCUT2D eigenvalue weighted by Gasteiger charge is 2.20. The zero-order valence-electron chi connectivity index (χ0n) is 20.4. The number of ether oxygens (including phenoxy) is 1. The molecule has 1 aliphatic rings. The topological polar surface area (TPSA) is 53.6 Å². The quantitative estimate of drug-likeness (QED) is 0.461. The summed E-state index contributed by atoms with van der Waals surface area (Å²) in [6.45, 7) is 10.5. The second-order valence-corrected chi connectivity index (χ2v) is 8.49. The van der Waals surface area contributed by atoms with Crippen LogP contribution < -0.4 is 20.3 Å². The van der Waals surface area contributed by atoms with E-state index in [-0.39, 0.29) is 6.03 Å². The smallest absolute Gasteiger partial charge is 0.323 e. The van der Waals surface area contributed by atoms with Gasteiger partial charge in [0.2, 0.25) is 0 Å². The largest absolute Gasteiger partial charge is 0.495 e. The molecule has 1 saturated heterocycles. The molecule has 5 heteroatoms. The Labute approximate surface area is 197 Å². The molecule has 5 nitrogen and oxygen atoms in total. The average molecular weight is 446 g/mol. The van der Waals surface area contributed by atoms with Gasteiger partial charge in [-0.3, -0.25) is 0 Å². The summed E-state index contributed by atoms with van der Waals surface area (Å²) in [5, 5.41) is 5.92. The van der Waals surface area contributed by atoms with Crippen molar-refractivity contribution in [2.45, 2.75) is 40.5 Å². The summed E-state index contributed by atoms with van der Waals surface area (Å²) in [6, 6.07) is 19.5. The fraction of sp³-hybridized carbons (Fsp3) is 0.321. The number of amides is 2. The lowest BCUT2D eigenvalue weighted by atomic mass is 10.0. The molecule has 0 aromatic heterocycles. The SMILES string of the molecule is COc1ccccc1NC(=O)Nc1c(C)cc(C)c(N2CCCC2)c1C.Cc1ccccc1. The zero-order valence-corrected chi connectivity index (χ0v) is 20.4. The minimum absolute atomic E-state index is 0.267. The fourth-order valence-electron chi connectivity index (χ4n) is 4.34. The van der Waals surface area contributed by atoms with Gasteiger partial charge < -0.3 is 20.3 Å². The van der Waals surface area contributed by atoms with Gasteiger partial charge in [0.1, 0.15) is 5.75 Å². The summed E-state index contributed by atoms with van der Waals surface area (Å²) in [5.41, 5.74) is 7.55. The molecule has 1 heterocycles. The molecular formula is C28H35N3O2. The third-order valence-corrected chi connectivity index (χ3v) is 5.89. The van der Waals surface area contributed by atoms with Crippen LogP contribution in [0.2, 0.25) is 0 Å². The van der Waals surface area contributed by atoms with Gasteiger partial charge in [-0.15, -0.1) is 0 Å². The number of nitrogens with zero attached hydrogens (tertiary/aromatic N) is 1. The van der Waals surface area contributed by atoms with Gasteiger partial charge in [-0.2, -0.15) is 0 Å². The van der Waals surface area contributed by atoms with Crippen molar-refractivity contribution < 1.29 is 9.53 Å². The van der Waals surface area contributed by atoms with Crippen LogP contribution in [0.3, 0.4) is 0 Å². The molecule has 4 rings (SSSR count). The van der Waals surface area contributed by atoms with Crippen LogP contribution in [0.25, 0.3) is 0 Å².